The lowest BCUT2D eigenvalue weighted by Crippen LogP contribution is -2.59. The van der Waals surface area contributed by atoms with Crippen LogP contribution in [0.2, 0.25) is 0 Å². The van der Waals surface area contributed by atoms with E-state index >= 15 is 0 Å². The molecule has 1 aromatic heterocycles. The van der Waals surface area contributed by atoms with Gasteiger partial charge in [-0.2, -0.15) is 0 Å². The maximum atomic E-state index is 13.5. The van der Waals surface area contributed by atoms with Crippen molar-refractivity contribution in [1.29, 1.82) is 0 Å². The zero-order valence-electron chi connectivity index (χ0n) is 22.2. The van der Waals surface area contributed by atoms with Gasteiger partial charge in [0.2, 0.25) is 23.6 Å². The molecule has 4 amide bonds. The Hall–Kier alpha value is -3.97. The van der Waals surface area contributed by atoms with Gasteiger partial charge in [0.1, 0.15) is 18.1 Å². The summed E-state index contributed by atoms with van der Waals surface area (Å²) in [4.78, 5) is 65.2. The van der Waals surface area contributed by atoms with E-state index in [-0.39, 0.29) is 12.8 Å². The lowest BCUT2D eigenvalue weighted by Gasteiger charge is -2.27. The van der Waals surface area contributed by atoms with Crippen molar-refractivity contribution in [2.24, 2.45) is 23.1 Å². The minimum atomic E-state index is -1.27. The second kappa shape index (κ2) is 14.8. The van der Waals surface area contributed by atoms with Gasteiger partial charge in [-0.1, -0.05) is 32.0 Å². The molecule has 0 spiro atoms. The lowest BCUT2D eigenvalue weighted by atomic mass is 9.99. The zero-order valence-corrected chi connectivity index (χ0v) is 22.2. The van der Waals surface area contributed by atoms with Gasteiger partial charge < -0.3 is 43.2 Å². The lowest BCUT2D eigenvalue weighted by molar-refractivity contribution is -0.142. The first-order valence-corrected chi connectivity index (χ1v) is 12.9. The van der Waals surface area contributed by atoms with Crippen LogP contribution in [-0.2, 0) is 30.4 Å². The molecule has 214 valence electrons. The molecule has 11 N–H and O–H groups in total. The molecule has 0 saturated heterocycles. The number of primary amides is 1. The molecule has 2 aromatic rings. The van der Waals surface area contributed by atoms with Crippen molar-refractivity contribution < 1.29 is 29.1 Å². The second-order valence-corrected chi connectivity index (χ2v) is 9.82. The van der Waals surface area contributed by atoms with Gasteiger partial charge in [-0.3, -0.25) is 19.2 Å². The van der Waals surface area contributed by atoms with E-state index in [4.69, 9.17) is 17.2 Å². The molecule has 0 aliphatic rings. The van der Waals surface area contributed by atoms with Gasteiger partial charge in [-0.25, -0.2) is 4.79 Å². The summed E-state index contributed by atoms with van der Waals surface area (Å²) in [7, 11) is 0. The fourth-order valence-electron chi connectivity index (χ4n) is 4.12. The number of aliphatic carboxylic acids is 1. The largest absolute Gasteiger partial charge is 0.480 e. The number of carbonyl (C=O) groups is 5. The first-order valence-electron chi connectivity index (χ1n) is 12.9. The third-order valence-electron chi connectivity index (χ3n) is 6.30. The van der Waals surface area contributed by atoms with Crippen molar-refractivity contribution in [2.75, 3.05) is 6.54 Å². The number of H-pyrrole nitrogens is 1. The van der Waals surface area contributed by atoms with Gasteiger partial charge in [-0.05, 0) is 43.4 Å². The van der Waals surface area contributed by atoms with Crippen LogP contribution in [0.4, 0.5) is 0 Å². The molecule has 4 atom stereocenters. The number of aromatic amines is 1. The fourth-order valence-corrected chi connectivity index (χ4v) is 4.12. The summed E-state index contributed by atoms with van der Waals surface area (Å²) in [5, 5.41) is 18.1. The average Bonchev–Trinajstić information content (AvgIpc) is 3.28. The number of aromatic nitrogens is 1. The Balaban J connectivity index is 2.25. The Morgan fingerprint density at radius 3 is 2.23 bits per heavy atom. The summed E-state index contributed by atoms with van der Waals surface area (Å²) in [5.41, 5.74) is 18.0. The number of carbonyl (C=O) groups excluding carboxylic acids is 4. The number of nitrogens with two attached hydrogens (primary N) is 3. The van der Waals surface area contributed by atoms with E-state index in [9.17, 15) is 29.1 Å². The van der Waals surface area contributed by atoms with Crippen molar-refractivity contribution >= 4 is 40.5 Å². The number of unbranched alkanes of at least 4 members (excludes halogenated alkanes) is 1. The average molecular weight is 546 g/mol. The van der Waals surface area contributed by atoms with Crippen LogP contribution in [0.5, 0.6) is 0 Å². The molecule has 4 unspecified atom stereocenters. The van der Waals surface area contributed by atoms with Crippen LogP contribution < -0.4 is 33.2 Å². The van der Waals surface area contributed by atoms with Crippen LogP contribution in [0.3, 0.4) is 0 Å². The number of nitrogens with one attached hydrogen (secondary N) is 4. The van der Waals surface area contributed by atoms with E-state index in [0.29, 0.717) is 19.4 Å². The summed E-state index contributed by atoms with van der Waals surface area (Å²) >= 11 is 0. The van der Waals surface area contributed by atoms with E-state index in [1.165, 1.54) is 0 Å². The van der Waals surface area contributed by atoms with E-state index in [1.807, 2.05) is 24.3 Å². The predicted molar refractivity (Wildman–Crippen MR) is 145 cm³/mol. The van der Waals surface area contributed by atoms with E-state index in [1.54, 1.807) is 20.0 Å². The molecule has 0 bridgehead atoms. The summed E-state index contributed by atoms with van der Waals surface area (Å²) in [5.74, 6) is -4.47. The highest BCUT2D eigenvalue weighted by Gasteiger charge is 2.32. The molecule has 1 heterocycles. The standard InChI is InChI=1S/C26H39N7O6/c1-14(2)22(25(37)31-19(26(38)39)9-5-6-10-27)33-24(36)20(32-23(35)17(28)12-21(29)34)11-15-13-30-18-8-4-3-7-16(15)18/h3-4,7-8,13-14,17,19-20,22,30H,5-6,9-12,27-28H2,1-2H3,(H2,29,34)(H,31,37)(H,32,35)(H,33,36)(H,38,39). The zero-order chi connectivity index (χ0) is 29.1. The highest BCUT2D eigenvalue weighted by molar-refractivity contribution is 5.95. The van der Waals surface area contributed by atoms with Crippen LogP contribution in [0.1, 0.15) is 45.1 Å². The molecule has 0 aliphatic heterocycles. The Labute approximate surface area is 226 Å². The monoisotopic (exact) mass is 545 g/mol. The maximum absolute atomic E-state index is 13.5. The van der Waals surface area contributed by atoms with Crippen LogP contribution in [0.25, 0.3) is 10.9 Å². The van der Waals surface area contributed by atoms with Gasteiger partial charge in [0.15, 0.2) is 0 Å². The molecule has 0 fully saturated rings. The molecule has 39 heavy (non-hydrogen) atoms. The quantitative estimate of drug-likeness (QED) is 0.124. The smallest absolute Gasteiger partial charge is 0.326 e. The first kappa shape index (κ1) is 31.2. The summed E-state index contributed by atoms with van der Waals surface area (Å²) in [6.45, 7) is 3.80. The van der Waals surface area contributed by atoms with Crippen molar-refractivity contribution in [2.45, 2.75) is 70.1 Å². The highest BCUT2D eigenvalue weighted by atomic mass is 16.4. The third kappa shape index (κ3) is 9.37. The Bertz CT molecular complexity index is 1160. The number of amides is 4. The Morgan fingerprint density at radius 2 is 1.62 bits per heavy atom. The van der Waals surface area contributed by atoms with Gasteiger partial charge >= 0.3 is 5.97 Å². The number of hydrogen-bond acceptors (Lipinski definition) is 7. The summed E-state index contributed by atoms with van der Waals surface area (Å²) < 4.78 is 0. The first-order chi connectivity index (χ1) is 18.4. The molecule has 0 saturated carbocycles. The normalized spacial score (nSPS) is 14.3. The number of hydrogen-bond donors (Lipinski definition) is 8. The molecule has 0 aliphatic carbocycles. The Kier molecular flexibility index (Phi) is 11.9. The number of carboxylic acids is 1. The molecule has 13 heteroatoms. The molecular formula is C26H39N7O6. The number of carboxylic acid groups (broad SMARTS) is 1. The maximum Gasteiger partial charge on any atom is 0.326 e. The van der Waals surface area contributed by atoms with Crippen LogP contribution in [0, 0.1) is 5.92 Å². The number of fused-ring (bicyclic) bond motifs is 1. The summed E-state index contributed by atoms with van der Waals surface area (Å²) in [6.07, 6.45) is 2.66. The molecule has 13 nitrogen and oxygen atoms in total. The van der Waals surface area contributed by atoms with Crippen LogP contribution in [-0.4, -0.2) is 70.4 Å². The van der Waals surface area contributed by atoms with Crippen LogP contribution >= 0.6 is 0 Å². The number of benzene rings is 1. The second-order valence-electron chi connectivity index (χ2n) is 9.82. The predicted octanol–water partition coefficient (Wildman–Crippen LogP) is -0.763. The van der Waals surface area contributed by atoms with Crippen molar-refractivity contribution in [3.8, 4) is 0 Å². The summed E-state index contributed by atoms with van der Waals surface area (Å²) in [6, 6.07) is 2.75. The number of para-hydroxylation sites is 1. The van der Waals surface area contributed by atoms with E-state index in [2.05, 4.69) is 20.9 Å². The van der Waals surface area contributed by atoms with Crippen molar-refractivity contribution in [3.05, 3.63) is 36.0 Å². The van der Waals surface area contributed by atoms with E-state index in [0.717, 1.165) is 16.5 Å². The van der Waals surface area contributed by atoms with Gasteiger partial charge in [0.25, 0.3) is 0 Å². The fraction of sp³-hybridized carbons (Fsp3) is 0.500. The number of rotatable bonds is 16. The molecular weight excluding hydrogens is 506 g/mol. The van der Waals surface area contributed by atoms with Crippen molar-refractivity contribution in [1.82, 2.24) is 20.9 Å². The molecule has 0 radical (unpaired) electrons. The molecule has 1 aromatic carbocycles. The topological polar surface area (TPSA) is 236 Å². The van der Waals surface area contributed by atoms with Crippen LogP contribution in [0.15, 0.2) is 30.5 Å². The SMILES string of the molecule is CC(C)C(NC(=O)C(Cc1c[nH]c2ccccc12)NC(=O)C(N)CC(N)=O)C(=O)NC(CCCCN)C(=O)O. The minimum absolute atomic E-state index is 0.0498. The molecule has 2 rings (SSSR count). The van der Waals surface area contributed by atoms with Crippen molar-refractivity contribution in [3.63, 3.8) is 0 Å². The highest BCUT2D eigenvalue weighted by Crippen LogP contribution is 2.19. The Morgan fingerprint density at radius 1 is 0.949 bits per heavy atom. The minimum Gasteiger partial charge on any atom is -0.480 e. The van der Waals surface area contributed by atoms with Gasteiger partial charge in [0, 0.05) is 23.5 Å². The van der Waals surface area contributed by atoms with Gasteiger partial charge in [0.05, 0.1) is 12.5 Å². The van der Waals surface area contributed by atoms with Gasteiger partial charge in [-0.15, -0.1) is 0 Å². The third-order valence-corrected chi connectivity index (χ3v) is 6.30. The van der Waals surface area contributed by atoms with E-state index < -0.39 is 66.1 Å².